The van der Waals surface area contributed by atoms with E-state index in [1.54, 1.807) is 0 Å². The zero-order valence-electron chi connectivity index (χ0n) is 8.30. The normalized spacial score (nSPS) is 11.5. The van der Waals surface area contributed by atoms with E-state index in [0.29, 0.717) is 19.8 Å². The first-order valence-electron chi connectivity index (χ1n) is 4.38. The zero-order valence-corrected chi connectivity index (χ0v) is 9.06. The fourth-order valence-corrected chi connectivity index (χ4v) is 0.694. The molecular weight excluding hydrogens is 234 g/mol. The van der Waals surface area contributed by atoms with Crippen LogP contribution in [0.1, 0.15) is 6.92 Å². The number of hydrogen-bond donors (Lipinski definition) is 0. The van der Waals surface area contributed by atoms with Crippen LogP contribution >= 0.6 is 11.6 Å². The molecule has 0 N–H and O–H groups in total. The molecule has 0 rings (SSSR count). The summed E-state index contributed by atoms with van der Waals surface area (Å²) in [4.78, 5) is 10.4. The van der Waals surface area contributed by atoms with Gasteiger partial charge in [-0.2, -0.15) is 8.78 Å². The van der Waals surface area contributed by atoms with Gasteiger partial charge in [0.25, 0.3) is 0 Å². The van der Waals surface area contributed by atoms with Crippen molar-refractivity contribution in [3.8, 4) is 0 Å². The molecule has 0 aromatic carbocycles. The van der Waals surface area contributed by atoms with Crippen molar-refractivity contribution in [2.75, 3.05) is 33.0 Å². The summed E-state index contributed by atoms with van der Waals surface area (Å²) in [5.41, 5.74) is 0. The molecule has 0 aliphatic carbocycles. The second kappa shape index (κ2) is 7.78. The summed E-state index contributed by atoms with van der Waals surface area (Å²) in [6.07, 6.45) is 0. The van der Waals surface area contributed by atoms with Gasteiger partial charge in [-0.3, -0.25) is 0 Å². The van der Waals surface area contributed by atoms with E-state index in [4.69, 9.17) is 9.47 Å². The fraction of sp³-hybridized carbons (Fsp3) is 0.875. The van der Waals surface area contributed by atoms with Crippen LogP contribution in [0.25, 0.3) is 0 Å². The molecule has 0 saturated heterocycles. The molecule has 4 nitrogen and oxygen atoms in total. The van der Waals surface area contributed by atoms with Gasteiger partial charge >= 0.3 is 11.4 Å². The van der Waals surface area contributed by atoms with Gasteiger partial charge in [0.15, 0.2) is 0 Å². The van der Waals surface area contributed by atoms with Crippen LogP contribution in [-0.2, 0) is 19.0 Å². The Balaban J connectivity index is 3.28. The molecule has 0 aliphatic rings. The van der Waals surface area contributed by atoms with Gasteiger partial charge in [0.1, 0.15) is 6.61 Å². The third-order valence-electron chi connectivity index (χ3n) is 1.27. The average Bonchev–Trinajstić information content (AvgIpc) is 2.14. The van der Waals surface area contributed by atoms with Crippen LogP contribution < -0.4 is 0 Å². The van der Waals surface area contributed by atoms with Crippen molar-refractivity contribution in [3.05, 3.63) is 0 Å². The Bertz CT molecular complexity index is 184. The Labute approximate surface area is 91.4 Å². The molecule has 0 radical (unpaired) electrons. The van der Waals surface area contributed by atoms with E-state index in [2.05, 4.69) is 16.3 Å². The topological polar surface area (TPSA) is 44.8 Å². The number of esters is 1. The highest BCUT2D eigenvalue weighted by atomic mass is 35.5. The monoisotopic (exact) mass is 246 g/mol. The number of carbonyl (C=O) groups excluding carboxylic acids is 1. The van der Waals surface area contributed by atoms with E-state index < -0.39 is 11.4 Å². The second-order valence-electron chi connectivity index (χ2n) is 2.44. The van der Waals surface area contributed by atoms with E-state index in [1.807, 2.05) is 6.92 Å². The molecule has 0 aromatic rings. The predicted octanol–water partition coefficient (Wildman–Crippen LogP) is 1.41. The minimum Gasteiger partial charge on any atom is -0.458 e. The highest BCUT2D eigenvalue weighted by Crippen LogP contribution is 2.19. The molecule has 7 heteroatoms. The van der Waals surface area contributed by atoms with Crippen LogP contribution in [0.2, 0.25) is 0 Å². The fourth-order valence-electron chi connectivity index (χ4n) is 0.639. The SMILES string of the molecule is CCOCCOCCOC(=O)C(F)(F)Cl. The van der Waals surface area contributed by atoms with Crippen molar-refractivity contribution in [1.82, 2.24) is 0 Å². The molecule has 0 unspecified atom stereocenters. The summed E-state index contributed by atoms with van der Waals surface area (Å²) in [5, 5.41) is -3.97. The second-order valence-corrected chi connectivity index (χ2v) is 2.92. The smallest absolute Gasteiger partial charge is 0.417 e. The molecule has 0 heterocycles. The van der Waals surface area contributed by atoms with Gasteiger partial charge in [-0.25, -0.2) is 4.79 Å². The molecule has 0 saturated carbocycles. The molecule has 0 spiro atoms. The predicted molar refractivity (Wildman–Crippen MR) is 49.1 cm³/mol. The molecule has 0 amide bonds. The standard InChI is InChI=1S/C8H13ClF2O4/c1-2-13-3-4-14-5-6-15-7(12)8(9,10)11/h2-6H2,1H3. The number of halogens is 3. The molecular formula is C8H13ClF2O4. The average molecular weight is 247 g/mol. The van der Waals surface area contributed by atoms with E-state index in [-0.39, 0.29) is 13.2 Å². The van der Waals surface area contributed by atoms with Crippen LogP contribution in [0, 0.1) is 0 Å². The Morgan fingerprint density at radius 1 is 1.20 bits per heavy atom. The van der Waals surface area contributed by atoms with Gasteiger partial charge in [0.2, 0.25) is 0 Å². The highest BCUT2D eigenvalue weighted by Gasteiger charge is 2.37. The molecule has 0 aliphatic heterocycles. The van der Waals surface area contributed by atoms with E-state index in [0.717, 1.165) is 0 Å². The lowest BCUT2D eigenvalue weighted by atomic mass is 10.6. The maximum atomic E-state index is 12.0. The third-order valence-corrected chi connectivity index (χ3v) is 1.42. The summed E-state index contributed by atoms with van der Waals surface area (Å²) in [6, 6.07) is 0. The Kier molecular flexibility index (Phi) is 7.54. The highest BCUT2D eigenvalue weighted by molar-refractivity contribution is 6.31. The lowest BCUT2D eigenvalue weighted by molar-refractivity contribution is -0.162. The van der Waals surface area contributed by atoms with Crippen molar-refractivity contribution >= 4 is 17.6 Å². The van der Waals surface area contributed by atoms with Crippen LogP contribution in [0.15, 0.2) is 0 Å². The van der Waals surface area contributed by atoms with E-state index in [1.165, 1.54) is 0 Å². The van der Waals surface area contributed by atoms with Crippen molar-refractivity contribution < 1.29 is 27.8 Å². The van der Waals surface area contributed by atoms with Gasteiger partial charge in [0, 0.05) is 6.61 Å². The van der Waals surface area contributed by atoms with Crippen molar-refractivity contribution in [2.45, 2.75) is 12.3 Å². The minimum absolute atomic E-state index is 0.0335. The first-order valence-corrected chi connectivity index (χ1v) is 4.75. The van der Waals surface area contributed by atoms with E-state index >= 15 is 0 Å². The zero-order chi connectivity index (χ0) is 11.7. The Hall–Kier alpha value is -0.460. The van der Waals surface area contributed by atoms with Crippen molar-refractivity contribution in [3.63, 3.8) is 0 Å². The number of hydrogen-bond acceptors (Lipinski definition) is 4. The minimum atomic E-state index is -3.97. The lowest BCUT2D eigenvalue weighted by Gasteiger charge is -2.08. The number of ether oxygens (including phenoxy) is 3. The number of rotatable bonds is 8. The summed E-state index contributed by atoms with van der Waals surface area (Å²) in [7, 11) is 0. The van der Waals surface area contributed by atoms with Crippen molar-refractivity contribution in [1.29, 1.82) is 0 Å². The summed E-state index contributed by atoms with van der Waals surface area (Å²) in [6.45, 7) is 2.93. The first-order chi connectivity index (χ1) is 6.98. The van der Waals surface area contributed by atoms with Gasteiger partial charge in [-0.15, -0.1) is 0 Å². The van der Waals surface area contributed by atoms with Gasteiger partial charge in [0.05, 0.1) is 19.8 Å². The van der Waals surface area contributed by atoms with Crippen LogP contribution in [0.5, 0.6) is 0 Å². The van der Waals surface area contributed by atoms with Gasteiger partial charge < -0.3 is 14.2 Å². The van der Waals surface area contributed by atoms with Gasteiger partial charge in [-0.1, -0.05) is 0 Å². The van der Waals surface area contributed by atoms with Crippen molar-refractivity contribution in [2.24, 2.45) is 0 Å². The molecule has 90 valence electrons. The van der Waals surface area contributed by atoms with Crippen LogP contribution in [0.4, 0.5) is 8.78 Å². The van der Waals surface area contributed by atoms with Crippen LogP contribution in [-0.4, -0.2) is 44.4 Å². The molecule has 0 bridgehead atoms. The first kappa shape index (κ1) is 14.5. The summed E-state index contributed by atoms with van der Waals surface area (Å²) >= 11 is 4.40. The maximum Gasteiger partial charge on any atom is 0.417 e. The summed E-state index contributed by atoms with van der Waals surface area (Å²) < 4.78 is 38.0. The largest absolute Gasteiger partial charge is 0.458 e. The quantitative estimate of drug-likeness (QED) is 0.369. The van der Waals surface area contributed by atoms with Crippen LogP contribution in [0.3, 0.4) is 0 Å². The lowest BCUT2D eigenvalue weighted by Crippen LogP contribution is -2.25. The van der Waals surface area contributed by atoms with E-state index in [9.17, 15) is 13.6 Å². The molecule has 0 atom stereocenters. The molecule has 0 fully saturated rings. The number of carbonyl (C=O) groups is 1. The molecule has 15 heavy (non-hydrogen) atoms. The van der Waals surface area contributed by atoms with Gasteiger partial charge in [-0.05, 0) is 18.5 Å². The number of alkyl halides is 3. The Morgan fingerprint density at radius 2 is 1.73 bits per heavy atom. The maximum absolute atomic E-state index is 12.0. The third kappa shape index (κ3) is 8.53. The molecule has 0 aromatic heterocycles. The summed E-state index contributed by atoms with van der Waals surface area (Å²) in [5.74, 6) is -1.77. The Morgan fingerprint density at radius 3 is 2.27 bits per heavy atom.